The van der Waals surface area contributed by atoms with E-state index in [-0.39, 0.29) is 0 Å². The van der Waals surface area contributed by atoms with Gasteiger partial charge in [-0.1, -0.05) is 35.0 Å². The van der Waals surface area contributed by atoms with Crippen molar-refractivity contribution >= 4 is 35.0 Å². The summed E-state index contributed by atoms with van der Waals surface area (Å²) < 4.78 is 12.6. The highest BCUT2D eigenvalue weighted by molar-refractivity contribution is 8.02. The lowest BCUT2D eigenvalue weighted by molar-refractivity contribution is 0.702. The molecule has 0 radical (unpaired) electrons. The lowest BCUT2D eigenvalue weighted by Crippen LogP contribution is -1.69. The summed E-state index contributed by atoms with van der Waals surface area (Å²) in [6.45, 7) is 0. The zero-order valence-corrected chi connectivity index (χ0v) is 8.26. The lowest BCUT2D eigenvalue weighted by atomic mass is 10.4. The third-order valence-corrected chi connectivity index (χ3v) is 2.51. The summed E-state index contributed by atoms with van der Waals surface area (Å²) in [5.41, 5.74) is 0.902. The van der Waals surface area contributed by atoms with Gasteiger partial charge in [0.25, 0.3) is 0 Å². The zero-order valence-electron chi connectivity index (χ0n) is 5.93. The van der Waals surface area contributed by atoms with Gasteiger partial charge in [-0.15, -0.1) is 0 Å². The third kappa shape index (κ3) is 3.05. The van der Waals surface area contributed by atoms with Crippen LogP contribution in [0.2, 0.25) is 5.02 Å². The van der Waals surface area contributed by atoms with Crippen molar-refractivity contribution in [3.63, 3.8) is 0 Å². The maximum atomic E-state index is 12.6. The first-order valence-corrected chi connectivity index (χ1v) is 4.75. The highest BCUT2D eigenvalue weighted by atomic mass is 35.5. The molecule has 0 aliphatic heterocycles. The summed E-state index contributed by atoms with van der Waals surface area (Å²) in [7, 11) is 0. The van der Waals surface area contributed by atoms with Gasteiger partial charge in [0.2, 0.25) is 0 Å². The van der Waals surface area contributed by atoms with E-state index in [1.165, 1.54) is 0 Å². The molecule has 1 aromatic rings. The molecule has 0 spiro atoms. The highest BCUT2D eigenvalue weighted by Gasteiger charge is 1.97. The molecule has 64 valence electrons. The Bertz CT molecular complexity index is 282. The number of thioether (sulfide) groups is 1. The van der Waals surface area contributed by atoms with E-state index < -0.39 is 5.16 Å². The van der Waals surface area contributed by atoms with Crippen molar-refractivity contribution in [3.8, 4) is 0 Å². The van der Waals surface area contributed by atoms with E-state index in [1.54, 1.807) is 24.3 Å². The Hall–Kier alpha value is -0.180. The molecule has 0 heterocycles. The molecule has 0 unspecified atom stereocenters. The monoisotopic (exact) mass is 222 g/mol. The van der Waals surface area contributed by atoms with Gasteiger partial charge in [-0.25, -0.2) is 0 Å². The van der Waals surface area contributed by atoms with Crippen molar-refractivity contribution in [2.75, 3.05) is 0 Å². The highest BCUT2D eigenvalue weighted by Crippen LogP contribution is 2.28. The molecular weight excluding hydrogens is 218 g/mol. The number of benzene rings is 1. The molecule has 0 aliphatic carbocycles. The standard InChI is InChI=1S/C8H5Cl2FS/c9-5-8(11)12-7-3-1-6(10)2-4-7/h1-5H/b8-5+. The van der Waals surface area contributed by atoms with Gasteiger partial charge < -0.3 is 0 Å². The number of rotatable bonds is 2. The predicted molar refractivity (Wildman–Crippen MR) is 52.4 cm³/mol. The van der Waals surface area contributed by atoms with Gasteiger partial charge in [-0.2, -0.15) is 4.39 Å². The molecule has 12 heavy (non-hydrogen) atoms. The van der Waals surface area contributed by atoms with E-state index in [0.29, 0.717) is 5.02 Å². The molecule has 0 fully saturated rings. The van der Waals surface area contributed by atoms with Crippen LogP contribution in [0, 0.1) is 0 Å². The van der Waals surface area contributed by atoms with Crippen LogP contribution in [0.5, 0.6) is 0 Å². The molecule has 0 saturated heterocycles. The van der Waals surface area contributed by atoms with Crippen LogP contribution >= 0.6 is 35.0 Å². The molecule has 1 rings (SSSR count). The van der Waals surface area contributed by atoms with Crippen LogP contribution in [0.25, 0.3) is 0 Å². The fourth-order valence-corrected chi connectivity index (χ4v) is 1.44. The van der Waals surface area contributed by atoms with E-state index in [0.717, 1.165) is 22.2 Å². The van der Waals surface area contributed by atoms with Crippen LogP contribution in [-0.2, 0) is 0 Å². The SMILES string of the molecule is F/C(=C\Cl)Sc1ccc(Cl)cc1. The van der Waals surface area contributed by atoms with E-state index in [1.807, 2.05) is 0 Å². The fraction of sp³-hybridized carbons (Fsp3) is 0. The second-order valence-corrected chi connectivity index (χ2v) is 3.69. The Labute approximate surface area is 84.4 Å². The van der Waals surface area contributed by atoms with E-state index in [2.05, 4.69) is 0 Å². The van der Waals surface area contributed by atoms with Gasteiger partial charge in [-0.05, 0) is 24.3 Å². The van der Waals surface area contributed by atoms with Crippen LogP contribution in [0.3, 0.4) is 0 Å². The number of halogens is 3. The van der Waals surface area contributed by atoms with Crippen molar-refractivity contribution in [1.82, 2.24) is 0 Å². The first-order chi connectivity index (χ1) is 5.72. The van der Waals surface area contributed by atoms with E-state index in [4.69, 9.17) is 23.2 Å². The molecule has 0 aliphatic rings. The molecule has 0 saturated carbocycles. The third-order valence-electron chi connectivity index (χ3n) is 1.11. The predicted octanol–water partition coefficient (Wildman–Crippen LogP) is 4.44. The van der Waals surface area contributed by atoms with Crippen molar-refractivity contribution in [2.45, 2.75) is 4.90 Å². The molecule has 0 atom stereocenters. The Balaban J connectivity index is 2.71. The van der Waals surface area contributed by atoms with Crippen molar-refractivity contribution < 1.29 is 4.39 Å². The minimum absolute atomic E-state index is 0.431. The van der Waals surface area contributed by atoms with Gasteiger partial charge in [-0.3, -0.25) is 0 Å². The molecular formula is C8H5Cl2FS. The second-order valence-electron chi connectivity index (χ2n) is 1.97. The molecule has 0 bridgehead atoms. The first-order valence-electron chi connectivity index (χ1n) is 3.11. The Morgan fingerprint density at radius 2 is 1.92 bits per heavy atom. The minimum Gasteiger partial charge on any atom is -0.198 e. The van der Waals surface area contributed by atoms with Gasteiger partial charge in [0.1, 0.15) is 0 Å². The normalized spacial score (nSPS) is 11.8. The maximum absolute atomic E-state index is 12.6. The van der Waals surface area contributed by atoms with E-state index >= 15 is 0 Å². The molecule has 4 heteroatoms. The number of hydrogen-bond donors (Lipinski definition) is 0. The molecule has 0 nitrogen and oxygen atoms in total. The maximum Gasteiger partial charge on any atom is 0.172 e. The van der Waals surface area contributed by atoms with Crippen LogP contribution in [-0.4, -0.2) is 0 Å². The summed E-state index contributed by atoms with van der Waals surface area (Å²) in [6.07, 6.45) is 0. The summed E-state index contributed by atoms with van der Waals surface area (Å²) in [5, 5.41) is 0.202. The smallest absolute Gasteiger partial charge is 0.172 e. The Kier molecular flexibility index (Phi) is 3.92. The average Bonchev–Trinajstić information content (AvgIpc) is 2.09. The molecule has 0 amide bonds. The van der Waals surface area contributed by atoms with Crippen LogP contribution in [0.15, 0.2) is 39.9 Å². The molecule has 0 aromatic heterocycles. The quantitative estimate of drug-likeness (QED) is 0.668. The van der Waals surface area contributed by atoms with Gasteiger partial charge in [0, 0.05) is 15.5 Å². The van der Waals surface area contributed by atoms with Crippen molar-refractivity contribution in [2.24, 2.45) is 0 Å². The van der Waals surface area contributed by atoms with Crippen molar-refractivity contribution in [3.05, 3.63) is 40.0 Å². The van der Waals surface area contributed by atoms with Crippen LogP contribution < -0.4 is 0 Å². The summed E-state index contributed by atoms with van der Waals surface area (Å²) >= 11 is 11.7. The van der Waals surface area contributed by atoms with Gasteiger partial charge >= 0.3 is 0 Å². The zero-order chi connectivity index (χ0) is 8.97. The largest absolute Gasteiger partial charge is 0.198 e. The van der Waals surface area contributed by atoms with Gasteiger partial charge in [0.15, 0.2) is 5.16 Å². The van der Waals surface area contributed by atoms with E-state index in [9.17, 15) is 4.39 Å². The molecule has 1 aromatic carbocycles. The Morgan fingerprint density at radius 3 is 2.42 bits per heavy atom. The van der Waals surface area contributed by atoms with Crippen molar-refractivity contribution in [1.29, 1.82) is 0 Å². The summed E-state index contributed by atoms with van der Waals surface area (Å²) in [5.74, 6) is 0. The average molecular weight is 223 g/mol. The van der Waals surface area contributed by atoms with Crippen LogP contribution in [0.4, 0.5) is 4.39 Å². The summed E-state index contributed by atoms with van der Waals surface area (Å²) in [4.78, 5) is 0.772. The van der Waals surface area contributed by atoms with Crippen LogP contribution in [0.1, 0.15) is 0 Å². The number of hydrogen-bond acceptors (Lipinski definition) is 1. The van der Waals surface area contributed by atoms with Gasteiger partial charge in [0.05, 0.1) is 0 Å². The lowest BCUT2D eigenvalue weighted by Gasteiger charge is -1.96. The minimum atomic E-state index is -0.431. The molecule has 0 N–H and O–H groups in total. The first kappa shape index (κ1) is 9.90. The second kappa shape index (κ2) is 4.75. The Morgan fingerprint density at radius 1 is 1.33 bits per heavy atom. The topological polar surface area (TPSA) is 0 Å². The fourth-order valence-electron chi connectivity index (χ4n) is 0.637. The summed E-state index contributed by atoms with van der Waals surface area (Å²) in [6, 6.07) is 6.86.